The van der Waals surface area contributed by atoms with Crippen LogP contribution < -0.4 is 10.6 Å². The van der Waals surface area contributed by atoms with E-state index in [0.29, 0.717) is 13.1 Å². The molecule has 1 aromatic carbocycles. The zero-order valence-electron chi connectivity index (χ0n) is 13.8. The second kappa shape index (κ2) is 6.78. The van der Waals surface area contributed by atoms with E-state index in [-0.39, 0.29) is 5.91 Å². The Labute approximate surface area is 141 Å². The average molecular weight is 336 g/mol. The van der Waals surface area contributed by atoms with Crippen molar-refractivity contribution in [1.82, 2.24) is 10.6 Å². The summed E-state index contributed by atoms with van der Waals surface area (Å²) in [5, 5.41) is 26.5. The molecule has 0 spiro atoms. The molecule has 7 nitrogen and oxygen atoms in total. The van der Waals surface area contributed by atoms with Crippen LogP contribution >= 0.6 is 0 Å². The summed E-state index contributed by atoms with van der Waals surface area (Å²) >= 11 is 0. The number of aliphatic hydroxyl groups excluding tert-OH is 2. The molecule has 2 saturated heterocycles. The van der Waals surface area contributed by atoms with Crippen molar-refractivity contribution < 1.29 is 24.5 Å². The molecule has 5 atom stereocenters. The number of hydrogen-bond donors (Lipinski definition) is 4. The van der Waals surface area contributed by atoms with Gasteiger partial charge in [-0.1, -0.05) is 30.3 Å². The Morgan fingerprint density at radius 2 is 1.96 bits per heavy atom. The molecule has 1 amide bonds. The first-order chi connectivity index (χ1) is 11.4. The van der Waals surface area contributed by atoms with E-state index in [1.54, 1.807) is 13.8 Å². The van der Waals surface area contributed by atoms with Crippen molar-refractivity contribution in [3.63, 3.8) is 0 Å². The number of benzene rings is 1. The molecule has 4 N–H and O–H groups in total. The van der Waals surface area contributed by atoms with Crippen molar-refractivity contribution in [2.24, 2.45) is 0 Å². The summed E-state index contributed by atoms with van der Waals surface area (Å²) in [6.45, 7) is 4.18. The molecule has 7 heteroatoms. The van der Waals surface area contributed by atoms with E-state index < -0.39 is 36.2 Å². The molecule has 0 bridgehead atoms. The van der Waals surface area contributed by atoms with E-state index in [2.05, 4.69) is 10.6 Å². The number of ether oxygens (including phenoxy) is 2. The minimum Gasteiger partial charge on any atom is -0.388 e. The molecule has 0 unspecified atom stereocenters. The van der Waals surface area contributed by atoms with Gasteiger partial charge >= 0.3 is 0 Å². The molecule has 0 radical (unpaired) electrons. The third kappa shape index (κ3) is 3.60. The maximum absolute atomic E-state index is 12.4. The Bertz CT molecular complexity index is 580. The molecule has 0 aromatic heterocycles. The van der Waals surface area contributed by atoms with Crippen molar-refractivity contribution in [3.8, 4) is 0 Å². The van der Waals surface area contributed by atoms with Gasteiger partial charge in [-0.3, -0.25) is 4.79 Å². The quantitative estimate of drug-likeness (QED) is 0.595. The van der Waals surface area contributed by atoms with Gasteiger partial charge in [-0.2, -0.15) is 0 Å². The molecule has 0 aliphatic carbocycles. The fraction of sp³-hybridized carbons (Fsp3) is 0.588. The van der Waals surface area contributed by atoms with E-state index >= 15 is 0 Å². The number of aliphatic hydroxyl groups is 2. The lowest BCUT2D eigenvalue weighted by Gasteiger charge is -2.27. The topological polar surface area (TPSA) is 100 Å². The second-order valence-electron chi connectivity index (χ2n) is 6.71. The molecular weight excluding hydrogens is 312 g/mol. The van der Waals surface area contributed by atoms with Gasteiger partial charge < -0.3 is 30.3 Å². The minimum absolute atomic E-state index is 0.311. The molecular formula is C17H24N2O5. The van der Waals surface area contributed by atoms with Gasteiger partial charge in [-0.15, -0.1) is 0 Å². The van der Waals surface area contributed by atoms with Crippen LogP contribution in [0.4, 0.5) is 0 Å². The van der Waals surface area contributed by atoms with E-state index in [4.69, 9.17) is 9.47 Å². The number of rotatable bonds is 3. The highest BCUT2D eigenvalue weighted by molar-refractivity contribution is 5.82. The Balaban J connectivity index is 1.63. The van der Waals surface area contributed by atoms with Gasteiger partial charge in [-0.25, -0.2) is 0 Å². The van der Waals surface area contributed by atoms with Crippen molar-refractivity contribution in [1.29, 1.82) is 0 Å². The molecule has 3 rings (SSSR count). The summed E-state index contributed by atoms with van der Waals surface area (Å²) in [6.07, 6.45) is -3.58. The summed E-state index contributed by atoms with van der Waals surface area (Å²) in [7, 11) is 0. The van der Waals surface area contributed by atoms with Crippen LogP contribution in [0, 0.1) is 0 Å². The van der Waals surface area contributed by atoms with E-state index in [9.17, 15) is 15.0 Å². The van der Waals surface area contributed by atoms with Gasteiger partial charge in [-0.05, 0) is 19.4 Å². The second-order valence-corrected chi connectivity index (χ2v) is 6.71. The Kier molecular flexibility index (Phi) is 4.89. The van der Waals surface area contributed by atoms with Crippen molar-refractivity contribution >= 4 is 5.91 Å². The number of fused-ring (bicyclic) bond motifs is 1. The smallest absolute Gasteiger partial charge is 0.240 e. The van der Waals surface area contributed by atoms with E-state index in [1.807, 2.05) is 30.3 Å². The largest absolute Gasteiger partial charge is 0.388 e. The van der Waals surface area contributed by atoms with Crippen molar-refractivity contribution in [2.45, 2.75) is 56.6 Å². The summed E-state index contributed by atoms with van der Waals surface area (Å²) < 4.78 is 11.4. The maximum atomic E-state index is 12.4. The maximum Gasteiger partial charge on any atom is 0.240 e. The summed E-state index contributed by atoms with van der Waals surface area (Å²) in [5.41, 5.74) is 0.958. The average Bonchev–Trinajstić information content (AvgIpc) is 2.82. The first-order valence-electron chi connectivity index (χ1n) is 8.14. The van der Waals surface area contributed by atoms with Gasteiger partial charge in [0.25, 0.3) is 0 Å². The Morgan fingerprint density at radius 1 is 1.25 bits per heavy atom. The minimum atomic E-state index is -1.28. The first-order valence-corrected chi connectivity index (χ1v) is 8.14. The number of amides is 1. The predicted molar refractivity (Wildman–Crippen MR) is 85.9 cm³/mol. The van der Waals surface area contributed by atoms with Crippen LogP contribution in [0.5, 0.6) is 0 Å². The van der Waals surface area contributed by atoms with Gasteiger partial charge in [0.15, 0.2) is 5.79 Å². The molecule has 1 aromatic rings. The SMILES string of the molecule is CC1(C)O[C@H]2[C@H](O)[C@H](O)[C@@H](C(=O)NCc3ccccc3)NC[C@H]2O1. The normalized spacial score (nSPS) is 35.1. The van der Waals surface area contributed by atoms with Gasteiger partial charge in [0, 0.05) is 13.1 Å². The fourth-order valence-corrected chi connectivity index (χ4v) is 3.21. The first kappa shape index (κ1) is 17.3. The molecule has 24 heavy (non-hydrogen) atoms. The summed E-state index contributed by atoms with van der Waals surface area (Å²) in [6, 6.07) is 8.56. The van der Waals surface area contributed by atoms with E-state index in [0.717, 1.165) is 5.56 Å². The third-order valence-electron chi connectivity index (χ3n) is 4.38. The van der Waals surface area contributed by atoms with Crippen LogP contribution in [0.2, 0.25) is 0 Å². The monoisotopic (exact) mass is 336 g/mol. The highest BCUT2D eigenvalue weighted by Gasteiger charge is 2.51. The predicted octanol–water partition coefficient (Wildman–Crippen LogP) is -0.483. The van der Waals surface area contributed by atoms with Crippen LogP contribution in [0.1, 0.15) is 19.4 Å². The van der Waals surface area contributed by atoms with Crippen molar-refractivity contribution in [3.05, 3.63) is 35.9 Å². The number of carbonyl (C=O) groups excluding carboxylic acids is 1. The van der Waals surface area contributed by atoms with Gasteiger partial charge in [0.1, 0.15) is 30.5 Å². The standard InChI is InChI=1S/C17H24N2O5/c1-17(2)23-11-9-18-12(13(20)14(21)15(11)24-17)16(22)19-8-10-6-4-3-5-7-10/h3-7,11-15,18,20-21H,8-9H2,1-2H3,(H,19,22)/t11-,12+,13-,14-,15-/m1/s1. The van der Waals surface area contributed by atoms with Crippen LogP contribution in [-0.2, 0) is 20.8 Å². The third-order valence-corrected chi connectivity index (χ3v) is 4.38. The zero-order valence-corrected chi connectivity index (χ0v) is 13.8. The van der Waals surface area contributed by atoms with Crippen molar-refractivity contribution in [2.75, 3.05) is 6.54 Å². The molecule has 2 aliphatic rings. The Hall–Kier alpha value is -1.51. The van der Waals surface area contributed by atoms with Crippen LogP contribution in [0.3, 0.4) is 0 Å². The van der Waals surface area contributed by atoms with E-state index in [1.165, 1.54) is 0 Å². The van der Waals surface area contributed by atoms with Crippen LogP contribution in [0.15, 0.2) is 30.3 Å². The number of carbonyl (C=O) groups is 1. The van der Waals surface area contributed by atoms with Gasteiger partial charge in [0.05, 0.1) is 0 Å². The lowest BCUT2D eigenvalue weighted by atomic mass is 10.0. The highest BCUT2D eigenvalue weighted by atomic mass is 16.8. The molecule has 132 valence electrons. The zero-order chi connectivity index (χ0) is 17.3. The molecule has 2 heterocycles. The highest BCUT2D eigenvalue weighted by Crippen LogP contribution is 2.32. The fourth-order valence-electron chi connectivity index (χ4n) is 3.21. The summed E-state index contributed by atoms with van der Waals surface area (Å²) in [5.74, 6) is -1.19. The lowest BCUT2D eigenvalue weighted by Crippen LogP contribution is -2.55. The summed E-state index contributed by atoms with van der Waals surface area (Å²) in [4.78, 5) is 12.4. The van der Waals surface area contributed by atoms with Crippen LogP contribution in [0.25, 0.3) is 0 Å². The van der Waals surface area contributed by atoms with Crippen LogP contribution in [-0.4, -0.2) is 58.9 Å². The molecule has 0 saturated carbocycles. The number of nitrogens with one attached hydrogen (secondary N) is 2. The molecule has 2 fully saturated rings. The lowest BCUT2D eigenvalue weighted by molar-refractivity contribution is -0.167. The van der Waals surface area contributed by atoms with Gasteiger partial charge in [0.2, 0.25) is 5.91 Å². The number of hydrogen-bond acceptors (Lipinski definition) is 6. The Morgan fingerprint density at radius 3 is 2.67 bits per heavy atom. The molecule has 2 aliphatic heterocycles.